The van der Waals surface area contributed by atoms with Gasteiger partial charge in [0, 0.05) is 11.8 Å². The Morgan fingerprint density at radius 3 is 1.68 bits per heavy atom. The molecular weight excluding hydrogens is 809 g/mol. The van der Waals surface area contributed by atoms with Gasteiger partial charge in [-0.15, -0.1) is 15.3 Å². The third kappa shape index (κ3) is 8.99. The number of aromatic hydroxyl groups is 3. The van der Waals surface area contributed by atoms with Gasteiger partial charge in [-0.1, -0.05) is 18.2 Å². The van der Waals surface area contributed by atoms with E-state index >= 15 is 0 Å². The highest BCUT2D eigenvalue weighted by Gasteiger charge is 2.28. The Labute approximate surface area is 322 Å². The van der Waals surface area contributed by atoms with Gasteiger partial charge in [0.1, 0.15) is 43.2 Å². The smallest absolute Gasteiger partial charge is 0.296 e. The number of phenols is 3. The summed E-state index contributed by atoms with van der Waals surface area (Å²) in [5.41, 5.74) is 4.55. The Balaban J connectivity index is 1.37. The van der Waals surface area contributed by atoms with Crippen molar-refractivity contribution in [1.29, 1.82) is 0 Å². The summed E-state index contributed by atoms with van der Waals surface area (Å²) in [6.07, 6.45) is 0. The predicted octanol–water partition coefficient (Wildman–Crippen LogP) is 8.27. The number of benzene rings is 6. The van der Waals surface area contributed by atoms with Crippen LogP contribution in [0.4, 0.5) is 51.2 Å². The highest BCUT2D eigenvalue weighted by atomic mass is 32.2. The van der Waals surface area contributed by atoms with E-state index in [9.17, 15) is 54.2 Å². The molecule has 0 spiro atoms. The third-order valence-corrected chi connectivity index (χ3v) is 10.4. The van der Waals surface area contributed by atoms with E-state index in [-0.39, 0.29) is 34.2 Å². The third-order valence-electron chi connectivity index (χ3n) is 7.78. The number of anilines is 3. The minimum atomic E-state index is -5.21. The van der Waals surface area contributed by atoms with Gasteiger partial charge in [-0.05, 0) is 84.2 Å². The minimum Gasteiger partial charge on any atom is -0.508 e. The predicted molar refractivity (Wildman–Crippen MR) is 204 cm³/mol. The molecule has 0 radical (unpaired) electrons. The summed E-state index contributed by atoms with van der Waals surface area (Å²) in [5, 5.41) is 55.7. The number of nitrogens with one attached hydrogen (secondary N) is 1. The molecular formula is C34H26N8O12S3. The van der Waals surface area contributed by atoms with Gasteiger partial charge in [0.15, 0.2) is 5.75 Å². The van der Waals surface area contributed by atoms with Gasteiger partial charge in [-0.25, -0.2) is 0 Å². The van der Waals surface area contributed by atoms with E-state index in [1.165, 1.54) is 60.7 Å². The van der Waals surface area contributed by atoms with Crippen molar-refractivity contribution in [2.45, 2.75) is 14.7 Å². The Bertz CT molecular complexity index is 3000. The second-order valence-electron chi connectivity index (χ2n) is 11.7. The zero-order valence-corrected chi connectivity index (χ0v) is 30.9. The number of nitrogens with zero attached hydrogens (tertiary/aromatic N) is 6. The van der Waals surface area contributed by atoms with Crippen LogP contribution < -0.4 is 11.1 Å². The van der Waals surface area contributed by atoms with Crippen molar-refractivity contribution in [3.05, 3.63) is 103 Å². The zero-order valence-electron chi connectivity index (χ0n) is 28.4. The first-order valence-electron chi connectivity index (χ1n) is 15.7. The van der Waals surface area contributed by atoms with E-state index < -0.39 is 78.6 Å². The van der Waals surface area contributed by atoms with Crippen LogP contribution in [0.25, 0.3) is 10.8 Å². The molecule has 0 aliphatic carbocycles. The fourth-order valence-electron chi connectivity index (χ4n) is 5.18. The summed E-state index contributed by atoms with van der Waals surface area (Å²) in [6, 6.07) is 22.3. The maximum atomic E-state index is 12.5. The second-order valence-corrected chi connectivity index (χ2v) is 15.9. The molecule has 0 heterocycles. The molecule has 0 saturated carbocycles. The van der Waals surface area contributed by atoms with Crippen molar-refractivity contribution in [3.63, 3.8) is 0 Å². The van der Waals surface area contributed by atoms with Crippen molar-refractivity contribution in [2.75, 3.05) is 11.1 Å². The molecule has 0 amide bonds. The standard InChI is InChI=1S/C34H26N8O12S3/c35-31-30-18(15-29(57(52,53)54)33(34(30)45)42-38-20-4-2-1-3-5-20)14-28(56(49,50)51)32(31)41-39-22-10-12-25(27(16-22)55(46,47)48)36-19-6-8-21(9-7-19)37-40-24-13-11-23(43)17-26(24)44/h1-17,36,43-45H,35H2,(H,46,47,48)(H,49,50,51)(H,52,53,54). The topological polar surface area (TPSA) is 336 Å². The monoisotopic (exact) mass is 834 g/mol. The van der Waals surface area contributed by atoms with Crippen molar-refractivity contribution < 1.29 is 54.2 Å². The molecule has 0 aliphatic rings. The lowest BCUT2D eigenvalue weighted by atomic mass is 10.1. The summed E-state index contributed by atoms with van der Waals surface area (Å²) >= 11 is 0. The van der Waals surface area contributed by atoms with Crippen molar-refractivity contribution >= 4 is 92.3 Å². The summed E-state index contributed by atoms with van der Waals surface area (Å²) in [6.45, 7) is 0. The Hall–Kier alpha value is -6.89. The molecule has 0 aliphatic heterocycles. The molecule has 6 aromatic rings. The molecule has 0 unspecified atom stereocenters. The maximum absolute atomic E-state index is 12.5. The van der Waals surface area contributed by atoms with E-state index in [0.717, 1.165) is 18.2 Å². The molecule has 0 aromatic heterocycles. The average Bonchev–Trinajstić information content (AvgIpc) is 3.13. The minimum absolute atomic E-state index is 0.0888. The number of nitrogen functional groups attached to an aromatic ring is 1. The van der Waals surface area contributed by atoms with E-state index in [1.54, 1.807) is 18.2 Å². The van der Waals surface area contributed by atoms with Crippen LogP contribution in [0.1, 0.15) is 0 Å². The van der Waals surface area contributed by atoms with Crippen molar-refractivity contribution in [1.82, 2.24) is 0 Å². The van der Waals surface area contributed by atoms with Crippen LogP contribution in [0.15, 0.2) is 149 Å². The van der Waals surface area contributed by atoms with Crippen LogP contribution in [0.2, 0.25) is 0 Å². The summed E-state index contributed by atoms with van der Waals surface area (Å²) in [5.74, 6) is -1.44. The number of nitrogens with two attached hydrogens (primary N) is 1. The van der Waals surface area contributed by atoms with Crippen LogP contribution in [-0.2, 0) is 30.4 Å². The normalized spacial score (nSPS) is 12.6. The molecule has 6 rings (SSSR count). The van der Waals surface area contributed by atoms with Crippen LogP contribution in [0.5, 0.6) is 17.2 Å². The molecule has 57 heavy (non-hydrogen) atoms. The fraction of sp³-hybridized carbons (Fsp3) is 0. The van der Waals surface area contributed by atoms with E-state index in [0.29, 0.717) is 17.4 Å². The van der Waals surface area contributed by atoms with Gasteiger partial charge >= 0.3 is 0 Å². The molecule has 20 nitrogen and oxygen atoms in total. The first kappa shape index (κ1) is 39.8. The number of hydrogen-bond acceptors (Lipinski definition) is 17. The molecule has 9 N–H and O–H groups in total. The summed E-state index contributed by atoms with van der Waals surface area (Å²) in [7, 11) is -15.3. The molecule has 0 bridgehead atoms. The molecule has 0 fully saturated rings. The van der Waals surface area contributed by atoms with Crippen LogP contribution in [0.3, 0.4) is 0 Å². The van der Waals surface area contributed by atoms with Crippen LogP contribution in [-0.4, -0.2) is 54.2 Å². The lowest BCUT2D eigenvalue weighted by Gasteiger charge is -2.14. The number of hydrogen-bond donors (Lipinski definition) is 8. The summed E-state index contributed by atoms with van der Waals surface area (Å²) < 4.78 is 104. The first-order chi connectivity index (χ1) is 26.8. The van der Waals surface area contributed by atoms with Gasteiger partial charge in [0.05, 0.1) is 33.8 Å². The Morgan fingerprint density at radius 1 is 0.526 bits per heavy atom. The molecule has 23 heteroatoms. The summed E-state index contributed by atoms with van der Waals surface area (Å²) in [4.78, 5) is -2.70. The largest absolute Gasteiger partial charge is 0.508 e. The van der Waals surface area contributed by atoms with Gasteiger partial charge in [0.25, 0.3) is 30.4 Å². The highest BCUT2D eigenvalue weighted by molar-refractivity contribution is 7.86. The number of rotatable bonds is 11. The maximum Gasteiger partial charge on any atom is 0.296 e. The fourth-order valence-corrected chi connectivity index (χ4v) is 7.17. The Kier molecular flexibility index (Phi) is 10.7. The molecule has 0 saturated heterocycles. The number of phenolic OH excluding ortho intramolecular Hbond substituents is 3. The molecule has 0 atom stereocenters. The van der Waals surface area contributed by atoms with Crippen LogP contribution >= 0.6 is 0 Å². The zero-order chi connectivity index (χ0) is 41.3. The Morgan fingerprint density at radius 2 is 1.07 bits per heavy atom. The van der Waals surface area contributed by atoms with E-state index in [1.807, 2.05) is 0 Å². The van der Waals surface area contributed by atoms with Crippen molar-refractivity contribution in [3.8, 4) is 17.2 Å². The first-order valence-corrected chi connectivity index (χ1v) is 20.0. The second kappa shape index (κ2) is 15.3. The van der Waals surface area contributed by atoms with Gasteiger partial charge in [-0.3, -0.25) is 13.7 Å². The SMILES string of the molecule is Nc1c(N=Nc2ccc(Nc3ccc(N=Nc4ccc(O)cc4O)cc3)c(S(=O)(=O)O)c2)c(S(=O)(=O)O)cc2cc(S(=O)(=O)O)c(N=Nc3ccccc3)c(O)c12. The van der Waals surface area contributed by atoms with Gasteiger partial charge < -0.3 is 26.4 Å². The van der Waals surface area contributed by atoms with E-state index in [2.05, 4.69) is 36.0 Å². The van der Waals surface area contributed by atoms with E-state index in [4.69, 9.17) is 5.73 Å². The van der Waals surface area contributed by atoms with Crippen LogP contribution in [0, 0.1) is 0 Å². The van der Waals surface area contributed by atoms with Gasteiger partial charge in [0.2, 0.25) is 0 Å². The highest BCUT2D eigenvalue weighted by Crippen LogP contribution is 2.48. The van der Waals surface area contributed by atoms with Crippen molar-refractivity contribution in [2.24, 2.45) is 30.7 Å². The lowest BCUT2D eigenvalue weighted by molar-refractivity contribution is 0.451. The quantitative estimate of drug-likeness (QED) is 0.0346. The van der Waals surface area contributed by atoms with Gasteiger partial charge in [-0.2, -0.15) is 40.6 Å². The number of fused-ring (bicyclic) bond motifs is 1. The molecule has 292 valence electrons. The lowest BCUT2D eigenvalue weighted by Crippen LogP contribution is -2.04. The molecule has 6 aromatic carbocycles. The number of azo groups is 3. The average molecular weight is 835 g/mol.